The van der Waals surface area contributed by atoms with Crippen LogP contribution >= 0.6 is 22.6 Å². The maximum absolute atomic E-state index is 12.0. The van der Waals surface area contributed by atoms with Crippen LogP contribution in [0, 0.1) is 3.57 Å². The average molecular weight is 329 g/mol. The van der Waals surface area contributed by atoms with Crippen molar-refractivity contribution in [2.24, 2.45) is 0 Å². The Morgan fingerprint density at radius 1 is 1.19 bits per heavy atom. The molecule has 0 radical (unpaired) electrons. The molecule has 0 atom stereocenters. The number of carbonyl (C=O) groups is 1. The summed E-state index contributed by atoms with van der Waals surface area (Å²) in [5.74, 6) is 0.0805. The predicted octanol–water partition coefficient (Wildman–Crippen LogP) is 3.35. The van der Waals surface area contributed by atoms with Crippen molar-refractivity contribution in [3.63, 3.8) is 0 Å². The van der Waals surface area contributed by atoms with Gasteiger partial charge in [0.1, 0.15) is 0 Å². The molecule has 1 aliphatic rings. The zero-order valence-corrected chi connectivity index (χ0v) is 11.4. The van der Waals surface area contributed by atoms with Gasteiger partial charge in [0, 0.05) is 9.61 Å². The monoisotopic (exact) mass is 329 g/mol. The molecule has 0 bridgehead atoms. The zero-order chi connectivity index (χ0) is 11.4. The van der Waals surface area contributed by atoms with E-state index >= 15 is 0 Å². The summed E-state index contributed by atoms with van der Waals surface area (Å²) in [5.41, 5.74) is 0.800. The van der Waals surface area contributed by atoms with Gasteiger partial charge in [0.05, 0.1) is 5.56 Å². The number of benzene rings is 1. The van der Waals surface area contributed by atoms with Crippen molar-refractivity contribution in [2.45, 2.75) is 38.1 Å². The van der Waals surface area contributed by atoms with E-state index in [1.807, 2.05) is 24.3 Å². The highest BCUT2D eigenvalue weighted by atomic mass is 127. The van der Waals surface area contributed by atoms with Crippen molar-refractivity contribution >= 4 is 28.5 Å². The third-order valence-corrected chi connectivity index (χ3v) is 4.00. The molecule has 0 spiro atoms. The molecule has 3 heteroatoms. The molecule has 1 fully saturated rings. The molecule has 0 aliphatic heterocycles. The van der Waals surface area contributed by atoms with Gasteiger partial charge in [-0.15, -0.1) is 0 Å². The van der Waals surface area contributed by atoms with Gasteiger partial charge in [-0.1, -0.05) is 31.4 Å². The summed E-state index contributed by atoms with van der Waals surface area (Å²) in [7, 11) is 0. The smallest absolute Gasteiger partial charge is 0.252 e. The topological polar surface area (TPSA) is 29.1 Å². The number of hydrogen-bond donors (Lipinski definition) is 1. The highest BCUT2D eigenvalue weighted by molar-refractivity contribution is 14.1. The molecular formula is C13H16INO. The van der Waals surface area contributed by atoms with E-state index in [2.05, 4.69) is 27.9 Å². The quantitative estimate of drug-likeness (QED) is 0.829. The van der Waals surface area contributed by atoms with Crippen LogP contribution < -0.4 is 5.32 Å². The number of hydrogen-bond acceptors (Lipinski definition) is 1. The van der Waals surface area contributed by atoms with Crippen LogP contribution in [0.25, 0.3) is 0 Å². The van der Waals surface area contributed by atoms with E-state index in [1.54, 1.807) is 0 Å². The molecule has 0 aromatic heterocycles. The van der Waals surface area contributed by atoms with E-state index in [0.29, 0.717) is 6.04 Å². The summed E-state index contributed by atoms with van der Waals surface area (Å²) in [4.78, 5) is 12.0. The Labute approximate surface area is 110 Å². The average Bonchev–Trinajstić information content (AvgIpc) is 2.31. The molecular weight excluding hydrogens is 313 g/mol. The molecule has 1 N–H and O–H groups in total. The molecule has 2 nitrogen and oxygen atoms in total. The van der Waals surface area contributed by atoms with E-state index in [4.69, 9.17) is 0 Å². The predicted molar refractivity (Wildman–Crippen MR) is 73.5 cm³/mol. The lowest BCUT2D eigenvalue weighted by Crippen LogP contribution is -2.36. The maximum Gasteiger partial charge on any atom is 0.252 e. The molecule has 86 valence electrons. The van der Waals surface area contributed by atoms with E-state index < -0.39 is 0 Å². The van der Waals surface area contributed by atoms with Gasteiger partial charge in [0.2, 0.25) is 0 Å². The SMILES string of the molecule is O=C(NC1CCCCC1)c1ccccc1I. The Balaban J connectivity index is 2.00. The van der Waals surface area contributed by atoms with Crippen molar-refractivity contribution in [3.8, 4) is 0 Å². The van der Waals surface area contributed by atoms with E-state index in [1.165, 1.54) is 19.3 Å². The minimum absolute atomic E-state index is 0.0805. The summed E-state index contributed by atoms with van der Waals surface area (Å²) < 4.78 is 1.02. The highest BCUT2D eigenvalue weighted by Gasteiger charge is 2.17. The Hall–Kier alpha value is -0.580. The molecule has 0 saturated heterocycles. The van der Waals surface area contributed by atoms with Crippen LogP contribution in [-0.2, 0) is 0 Å². The first-order chi connectivity index (χ1) is 7.77. The van der Waals surface area contributed by atoms with Crippen LogP contribution in [0.3, 0.4) is 0 Å². The van der Waals surface area contributed by atoms with Crippen molar-refractivity contribution in [2.75, 3.05) is 0 Å². The van der Waals surface area contributed by atoms with Crippen LogP contribution in [0.2, 0.25) is 0 Å². The van der Waals surface area contributed by atoms with Gasteiger partial charge in [0.15, 0.2) is 0 Å². The van der Waals surface area contributed by atoms with Crippen LogP contribution in [0.4, 0.5) is 0 Å². The molecule has 1 aromatic rings. The van der Waals surface area contributed by atoms with Crippen molar-refractivity contribution in [1.29, 1.82) is 0 Å². The molecule has 2 rings (SSSR count). The van der Waals surface area contributed by atoms with Crippen LogP contribution in [0.1, 0.15) is 42.5 Å². The second-order valence-electron chi connectivity index (χ2n) is 4.29. The second-order valence-corrected chi connectivity index (χ2v) is 5.45. The normalized spacial score (nSPS) is 17.1. The van der Waals surface area contributed by atoms with E-state index in [9.17, 15) is 4.79 Å². The lowest BCUT2D eigenvalue weighted by atomic mass is 9.95. The van der Waals surface area contributed by atoms with Gasteiger partial charge < -0.3 is 5.32 Å². The van der Waals surface area contributed by atoms with Crippen molar-refractivity contribution in [3.05, 3.63) is 33.4 Å². The molecule has 1 aliphatic carbocycles. The first-order valence-electron chi connectivity index (χ1n) is 5.83. The van der Waals surface area contributed by atoms with Crippen LogP contribution in [0.15, 0.2) is 24.3 Å². The lowest BCUT2D eigenvalue weighted by Gasteiger charge is -2.22. The van der Waals surface area contributed by atoms with Gasteiger partial charge >= 0.3 is 0 Å². The summed E-state index contributed by atoms with van der Waals surface area (Å²) >= 11 is 2.21. The molecule has 1 saturated carbocycles. The Morgan fingerprint density at radius 3 is 2.56 bits per heavy atom. The van der Waals surface area contributed by atoms with Gasteiger partial charge in [0.25, 0.3) is 5.91 Å². The number of nitrogens with one attached hydrogen (secondary N) is 1. The van der Waals surface area contributed by atoms with Gasteiger partial charge in [-0.25, -0.2) is 0 Å². The second kappa shape index (κ2) is 5.66. The number of rotatable bonds is 2. The number of halogens is 1. The minimum Gasteiger partial charge on any atom is -0.349 e. The molecule has 1 aromatic carbocycles. The number of amides is 1. The first-order valence-corrected chi connectivity index (χ1v) is 6.90. The fourth-order valence-corrected chi connectivity index (χ4v) is 2.79. The van der Waals surface area contributed by atoms with Crippen LogP contribution in [-0.4, -0.2) is 11.9 Å². The van der Waals surface area contributed by atoms with Crippen molar-refractivity contribution in [1.82, 2.24) is 5.32 Å². The fraction of sp³-hybridized carbons (Fsp3) is 0.462. The van der Waals surface area contributed by atoms with Crippen molar-refractivity contribution < 1.29 is 4.79 Å². The highest BCUT2D eigenvalue weighted by Crippen LogP contribution is 2.18. The first kappa shape index (κ1) is 11.9. The largest absolute Gasteiger partial charge is 0.349 e. The summed E-state index contributed by atoms with van der Waals surface area (Å²) in [6.07, 6.45) is 6.08. The summed E-state index contributed by atoms with van der Waals surface area (Å²) in [6.45, 7) is 0. The maximum atomic E-state index is 12.0. The molecule has 16 heavy (non-hydrogen) atoms. The standard InChI is InChI=1S/C13H16INO/c14-12-9-5-4-8-11(12)13(16)15-10-6-2-1-3-7-10/h4-5,8-10H,1-3,6-7H2,(H,15,16). The van der Waals surface area contributed by atoms with E-state index in [-0.39, 0.29) is 5.91 Å². The van der Waals surface area contributed by atoms with Gasteiger partial charge in [-0.2, -0.15) is 0 Å². The fourth-order valence-electron chi connectivity index (χ4n) is 2.16. The molecule has 0 heterocycles. The summed E-state index contributed by atoms with van der Waals surface area (Å²) in [5, 5.41) is 3.13. The Bertz CT molecular complexity index is 372. The minimum atomic E-state index is 0.0805. The summed E-state index contributed by atoms with van der Waals surface area (Å²) in [6, 6.07) is 8.12. The van der Waals surface area contributed by atoms with E-state index in [0.717, 1.165) is 22.0 Å². The third kappa shape index (κ3) is 2.97. The zero-order valence-electron chi connectivity index (χ0n) is 9.21. The molecule has 0 unspecified atom stereocenters. The Kier molecular flexibility index (Phi) is 4.21. The van der Waals surface area contributed by atoms with Gasteiger partial charge in [-0.3, -0.25) is 4.79 Å². The lowest BCUT2D eigenvalue weighted by molar-refractivity contribution is 0.0927. The van der Waals surface area contributed by atoms with Crippen LogP contribution in [0.5, 0.6) is 0 Å². The number of carbonyl (C=O) groups excluding carboxylic acids is 1. The third-order valence-electron chi connectivity index (χ3n) is 3.06. The Morgan fingerprint density at radius 2 is 1.88 bits per heavy atom. The van der Waals surface area contributed by atoms with Gasteiger partial charge in [-0.05, 0) is 47.6 Å². The molecule has 1 amide bonds.